The van der Waals surface area contributed by atoms with Crippen molar-refractivity contribution in [3.05, 3.63) is 76.4 Å². The highest BCUT2D eigenvalue weighted by molar-refractivity contribution is 5.92. The molecular formula is C21H19NO4. The van der Waals surface area contributed by atoms with E-state index < -0.39 is 11.9 Å². The molecule has 0 aromatic heterocycles. The number of anilines is 1. The summed E-state index contributed by atoms with van der Waals surface area (Å²) in [5.41, 5.74) is 3.86. The van der Waals surface area contributed by atoms with Gasteiger partial charge in [0.25, 0.3) is 0 Å². The molecule has 2 aliphatic rings. The van der Waals surface area contributed by atoms with E-state index in [2.05, 4.69) is 17.5 Å². The van der Waals surface area contributed by atoms with Gasteiger partial charge in [0.2, 0.25) is 0 Å². The third-order valence-corrected chi connectivity index (χ3v) is 5.55. The van der Waals surface area contributed by atoms with Gasteiger partial charge in [0.05, 0.1) is 17.2 Å². The Hall–Kier alpha value is -3.08. The number of carboxylic acids is 2. The summed E-state index contributed by atoms with van der Waals surface area (Å²) >= 11 is 0. The zero-order valence-electron chi connectivity index (χ0n) is 14.3. The van der Waals surface area contributed by atoms with Crippen LogP contribution in [-0.4, -0.2) is 22.2 Å². The van der Waals surface area contributed by atoms with Crippen molar-refractivity contribution >= 4 is 17.6 Å². The topological polar surface area (TPSA) is 86.6 Å². The van der Waals surface area contributed by atoms with E-state index >= 15 is 0 Å². The average molecular weight is 349 g/mol. The van der Waals surface area contributed by atoms with Gasteiger partial charge in [0.1, 0.15) is 0 Å². The fourth-order valence-corrected chi connectivity index (χ4v) is 4.32. The summed E-state index contributed by atoms with van der Waals surface area (Å²) in [5.74, 6) is -1.55. The number of benzene rings is 2. The normalized spacial score (nSPS) is 23.0. The second-order valence-corrected chi connectivity index (χ2v) is 6.88. The van der Waals surface area contributed by atoms with Gasteiger partial charge in [-0.25, -0.2) is 9.59 Å². The van der Waals surface area contributed by atoms with Gasteiger partial charge in [-0.15, -0.1) is 0 Å². The summed E-state index contributed by atoms with van der Waals surface area (Å²) in [6.45, 7) is 1.80. The van der Waals surface area contributed by atoms with Crippen molar-refractivity contribution in [2.45, 2.75) is 25.3 Å². The molecule has 26 heavy (non-hydrogen) atoms. The maximum Gasteiger partial charge on any atom is 0.336 e. The summed E-state index contributed by atoms with van der Waals surface area (Å²) in [6.07, 6.45) is 5.14. The van der Waals surface area contributed by atoms with Gasteiger partial charge in [-0.2, -0.15) is 0 Å². The Morgan fingerprint density at radius 3 is 2.46 bits per heavy atom. The number of aromatic carboxylic acids is 2. The van der Waals surface area contributed by atoms with E-state index in [0.29, 0.717) is 5.56 Å². The van der Waals surface area contributed by atoms with Crippen LogP contribution in [0.15, 0.2) is 48.6 Å². The van der Waals surface area contributed by atoms with Crippen molar-refractivity contribution in [3.63, 3.8) is 0 Å². The van der Waals surface area contributed by atoms with E-state index in [1.54, 1.807) is 25.1 Å². The average Bonchev–Trinajstić information content (AvgIpc) is 3.11. The van der Waals surface area contributed by atoms with Crippen LogP contribution in [0.2, 0.25) is 0 Å². The lowest BCUT2D eigenvalue weighted by atomic mass is 9.75. The first-order valence-corrected chi connectivity index (χ1v) is 8.61. The third kappa shape index (κ3) is 2.39. The second kappa shape index (κ2) is 6.02. The SMILES string of the molecule is Cc1c(C(=O)O)ccc2c1N[C@H](c1ccccc1C(=O)O)[C@@H]1CC=C[C@@H]21. The van der Waals surface area contributed by atoms with Crippen molar-refractivity contribution in [2.24, 2.45) is 5.92 Å². The van der Waals surface area contributed by atoms with Crippen molar-refractivity contribution in [1.29, 1.82) is 0 Å². The van der Waals surface area contributed by atoms with Gasteiger partial charge < -0.3 is 15.5 Å². The van der Waals surface area contributed by atoms with Crippen LogP contribution in [0.1, 0.15) is 55.8 Å². The minimum Gasteiger partial charge on any atom is -0.478 e. The Bertz CT molecular complexity index is 947. The molecule has 0 bridgehead atoms. The number of carboxylic acid groups (broad SMARTS) is 2. The van der Waals surface area contributed by atoms with Crippen molar-refractivity contribution < 1.29 is 19.8 Å². The summed E-state index contributed by atoms with van der Waals surface area (Å²) in [6, 6.07) is 10.4. The molecule has 132 valence electrons. The highest BCUT2D eigenvalue weighted by Gasteiger charge is 2.40. The molecule has 0 amide bonds. The first-order chi connectivity index (χ1) is 12.5. The first kappa shape index (κ1) is 16.4. The summed E-state index contributed by atoms with van der Waals surface area (Å²) in [7, 11) is 0. The van der Waals surface area contributed by atoms with Gasteiger partial charge in [-0.3, -0.25) is 0 Å². The Morgan fingerprint density at radius 2 is 1.73 bits per heavy atom. The second-order valence-electron chi connectivity index (χ2n) is 6.88. The van der Waals surface area contributed by atoms with E-state index in [-0.39, 0.29) is 29.0 Å². The van der Waals surface area contributed by atoms with Crippen molar-refractivity contribution in [2.75, 3.05) is 5.32 Å². The number of hydrogen-bond acceptors (Lipinski definition) is 3. The van der Waals surface area contributed by atoms with Crippen LogP contribution in [0.5, 0.6) is 0 Å². The maximum atomic E-state index is 11.7. The smallest absolute Gasteiger partial charge is 0.336 e. The molecule has 0 saturated carbocycles. The summed E-state index contributed by atoms with van der Waals surface area (Å²) < 4.78 is 0. The van der Waals surface area contributed by atoms with Crippen LogP contribution in [-0.2, 0) is 0 Å². The molecule has 0 unspecified atom stereocenters. The van der Waals surface area contributed by atoms with E-state index in [1.165, 1.54) is 0 Å². The molecule has 5 nitrogen and oxygen atoms in total. The van der Waals surface area contributed by atoms with E-state index in [4.69, 9.17) is 0 Å². The van der Waals surface area contributed by atoms with Crippen LogP contribution in [0, 0.1) is 12.8 Å². The minimum atomic E-state index is -0.960. The van der Waals surface area contributed by atoms with E-state index in [1.807, 2.05) is 18.2 Å². The molecule has 4 rings (SSSR count). The lowest BCUT2D eigenvalue weighted by Gasteiger charge is -2.39. The number of hydrogen-bond donors (Lipinski definition) is 3. The molecule has 3 N–H and O–H groups in total. The van der Waals surface area contributed by atoms with Crippen LogP contribution in [0.4, 0.5) is 5.69 Å². The van der Waals surface area contributed by atoms with Crippen LogP contribution >= 0.6 is 0 Å². The molecule has 1 aliphatic heterocycles. The van der Waals surface area contributed by atoms with Crippen LogP contribution in [0.3, 0.4) is 0 Å². The molecule has 2 aromatic carbocycles. The van der Waals surface area contributed by atoms with Gasteiger partial charge in [0, 0.05) is 11.6 Å². The molecule has 0 fully saturated rings. The number of allylic oxidation sites excluding steroid dienone is 2. The maximum absolute atomic E-state index is 11.7. The van der Waals surface area contributed by atoms with Crippen molar-refractivity contribution in [3.8, 4) is 0 Å². The monoisotopic (exact) mass is 349 g/mol. The zero-order valence-corrected chi connectivity index (χ0v) is 14.3. The molecule has 3 atom stereocenters. The Balaban J connectivity index is 1.88. The molecule has 1 aliphatic carbocycles. The number of carbonyl (C=O) groups is 2. The van der Waals surface area contributed by atoms with Crippen LogP contribution in [0.25, 0.3) is 0 Å². The molecule has 0 saturated heterocycles. The summed E-state index contributed by atoms with van der Waals surface area (Å²) in [4.78, 5) is 23.2. The highest BCUT2D eigenvalue weighted by Crippen LogP contribution is 2.51. The standard InChI is InChI=1S/C21H19NO4/c1-11-12(20(23)24)9-10-16-13-7-4-8-14(13)19(22-18(11)16)15-5-2-3-6-17(15)21(25)26/h2-7,9-10,13-14,19,22H,8H2,1H3,(H,23,24)(H,25,26)/t13-,14-,19+/m1/s1. The summed E-state index contributed by atoms with van der Waals surface area (Å²) in [5, 5.41) is 22.5. The molecule has 2 aromatic rings. The quantitative estimate of drug-likeness (QED) is 0.722. The number of fused-ring (bicyclic) bond motifs is 3. The lowest BCUT2D eigenvalue weighted by molar-refractivity contribution is 0.0685. The first-order valence-electron chi connectivity index (χ1n) is 8.61. The van der Waals surface area contributed by atoms with E-state index in [9.17, 15) is 19.8 Å². The van der Waals surface area contributed by atoms with Gasteiger partial charge >= 0.3 is 11.9 Å². The van der Waals surface area contributed by atoms with Gasteiger partial charge in [-0.1, -0.05) is 36.4 Å². The number of nitrogens with one attached hydrogen (secondary N) is 1. The molecule has 5 heteroatoms. The third-order valence-electron chi connectivity index (χ3n) is 5.55. The zero-order chi connectivity index (χ0) is 18.4. The Labute approximate surface area is 151 Å². The Kier molecular flexibility index (Phi) is 3.80. The van der Waals surface area contributed by atoms with Gasteiger partial charge in [0.15, 0.2) is 0 Å². The highest BCUT2D eigenvalue weighted by atomic mass is 16.4. The fourth-order valence-electron chi connectivity index (χ4n) is 4.32. The largest absolute Gasteiger partial charge is 0.478 e. The predicted molar refractivity (Wildman–Crippen MR) is 97.9 cm³/mol. The lowest BCUT2D eigenvalue weighted by Crippen LogP contribution is -2.31. The molecule has 0 spiro atoms. The minimum absolute atomic E-state index is 0.152. The van der Waals surface area contributed by atoms with Gasteiger partial charge in [-0.05, 0) is 48.1 Å². The number of rotatable bonds is 3. The predicted octanol–water partition coefficient (Wildman–Crippen LogP) is 4.22. The van der Waals surface area contributed by atoms with Crippen molar-refractivity contribution in [1.82, 2.24) is 0 Å². The van der Waals surface area contributed by atoms with E-state index in [0.717, 1.165) is 23.2 Å². The molecule has 0 radical (unpaired) electrons. The molecular weight excluding hydrogens is 330 g/mol. The van der Waals surface area contributed by atoms with Crippen LogP contribution < -0.4 is 5.32 Å². The Morgan fingerprint density at radius 1 is 1.00 bits per heavy atom. The molecule has 1 heterocycles. The fraction of sp³-hybridized carbons (Fsp3) is 0.238.